The van der Waals surface area contributed by atoms with Crippen LogP contribution in [0.15, 0.2) is 23.1 Å². The van der Waals surface area contributed by atoms with E-state index in [2.05, 4.69) is 0 Å². The Morgan fingerprint density at radius 3 is 2.71 bits per heavy atom. The van der Waals surface area contributed by atoms with E-state index >= 15 is 0 Å². The number of hydrogen-bond acceptors (Lipinski definition) is 2. The molecule has 0 saturated heterocycles. The lowest BCUT2D eigenvalue weighted by molar-refractivity contribution is 0.0697. The first-order chi connectivity index (χ1) is 7.97. The third-order valence-electron chi connectivity index (χ3n) is 2.46. The molecule has 0 aromatic heterocycles. The molecule has 2 atom stereocenters. The predicted molar refractivity (Wildman–Crippen MR) is 69.2 cm³/mol. The lowest BCUT2D eigenvalue weighted by Gasteiger charge is -2.11. The topological polar surface area (TPSA) is 54.4 Å². The standard InChI is InChI=1S/C12H15ClO3S/c1-3-4-8(2)17(16)9-5-6-11(13)10(7-9)12(14)15/h5-8H,3-4H2,1-2H3,(H,14,15). The SMILES string of the molecule is CCCC(C)S(=O)c1ccc(Cl)c(C(=O)O)c1. The molecule has 3 nitrogen and oxygen atoms in total. The van der Waals surface area contributed by atoms with Gasteiger partial charge in [0.15, 0.2) is 0 Å². The van der Waals surface area contributed by atoms with Gasteiger partial charge in [0.1, 0.15) is 0 Å². The van der Waals surface area contributed by atoms with Crippen LogP contribution in [0.2, 0.25) is 5.02 Å². The number of aromatic carboxylic acids is 1. The smallest absolute Gasteiger partial charge is 0.337 e. The molecular formula is C12H15ClO3S. The molecule has 1 rings (SSSR count). The van der Waals surface area contributed by atoms with Gasteiger partial charge >= 0.3 is 5.97 Å². The van der Waals surface area contributed by atoms with Crippen molar-refractivity contribution in [3.8, 4) is 0 Å². The molecule has 0 aliphatic rings. The highest BCUT2D eigenvalue weighted by atomic mass is 35.5. The van der Waals surface area contributed by atoms with E-state index < -0.39 is 16.8 Å². The van der Waals surface area contributed by atoms with E-state index in [-0.39, 0.29) is 15.8 Å². The monoisotopic (exact) mass is 274 g/mol. The van der Waals surface area contributed by atoms with Gasteiger partial charge in [-0.05, 0) is 24.6 Å². The molecule has 17 heavy (non-hydrogen) atoms. The molecule has 0 radical (unpaired) electrons. The van der Waals surface area contributed by atoms with Crippen molar-refractivity contribution >= 4 is 28.4 Å². The fourth-order valence-electron chi connectivity index (χ4n) is 1.54. The Morgan fingerprint density at radius 1 is 1.53 bits per heavy atom. The lowest BCUT2D eigenvalue weighted by Crippen LogP contribution is -2.11. The van der Waals surface area contributed by atoms with Gasteiger partial charge < -0.3 is 5.11 Å². The van der Waals surface area contributed by atoms with Gasteiger partial charge in [-0.1, -0.05) is 31.9 Å². The van der Waals surface area contributed by atoms with E-state index in [1.165, 1.54) is 12.1 Å². The number of hydrogen-bond donors (Lipinski definition) is 1. The van der Waals surface area contributed by atoms with E-state index in [1.54, 1.807) is 6.07 Å². The molecule has 0 saturated carbocycles. The second-order valence-electron chi connectivity index (χ2n) is 3.84. The Morgan fingerprint density at radius 2 is 2.18 bits per heavy atom. The molecule has 94 valence electrons. The molecule has 0 fully saturated rings. The fourth-order valence-corrected chi connectivity index (χ4v) is 3.09. The van der Waals surface area contributed by atoms with Crippen LogP contribution in [-0.2, 0) is 10.8 Å². The Bertz CT molecular complexity index is 445. The highest BCUT2D eigenvalue weighted by Crippen LogP contribution is 2.22. The molecule has 2 unspecified atom stereocenters. The van der Waals surface area contributed by atoms with Crippen LogP contribution in [0.4, 0.5) is 0 Å². The van der Waals surface area contributed by atoms with Crippen molar-refractivity contribution < 1.29 is 14.1 Å². The van der Waals surface area contributed by atoms with Gasteiger partial charge in [-0.3, -0.25) is 4.21 Å². The van der Waals surface area contributed by atoms with Crippen molar-refractivity contribution in [3.05, 3.63) is 28.8 Å². The minimum absolute atomic E-state index is 0.00113. The van der Waals surface area contributed by atoms with Crippen LogP contribution < -0.4 is 0 Å². The van der Waals surface area contributed by atoms with Gasteiger partial charge in [-0.15, -0.1) is 0 Å². The molecule has 1 aromatic rings. The van der Waals surface area contributed by atoms with Gasteiger partial charge in [-0.2, -0.15) is 0 Å². The third-order valence-corrected chi connectivity index (χ3v) is 4.48. The number of carboxylic acid groups (broad SMARTS) is 1. The van der Waals surface area contributed by atoms with Crippen LogP contribution in [-0.4, -0.2) is 20.5 Å². The minimum Gasteiger partial charge on any atom is -0.478 e. The van der Waals surface area contributed by atoms with E-state index in [0.717, 1.165) is 12.8 Å². The van der Waals surface area contributed by atoms with Crippen molar-refractivity contribution in [2.75, 3.05) is 0 Å². The van der Waals surface area contributed by atoms with Crippen LogP contribution in [0.5, 0.6) is 0 Å². The summed E-state index contributed by atoms with van der Waals surface area (Å²) in [7, 11) is -1.19. The maximum absolute atomic E-state index is 12.1. The Balaban J connectivity index is 3.03. The van der Waals surface area contributed by atoms with E-state index in [0.29, 0.717) is 4.90 Å². The van der Waals surface area contributed by atoms with Crippen LogP contribution in [0.1, 0.15) is 37.0 Å². The number of rotatable bonds is 5. The molecular weight excluding hydrogens is 260 g/mol. The van der Waals surface area contributed by atoms with Crippen LogP contribution in [0.3, 0.4) is 0 Å². The molecule has 1 N–H and O–H groups in total. The maximum atomic E-state index is 12.1. The fraction of sp³-hybridized carbons (Fsp3) is 0.417. The summed E-state index contributed by atoms with van der Waals surface area (Å²) in [5.41, 5.74) is 0.00113. The zero-order valence-corrected chi connectivity index (χ0v) is 11.3. The van der Waals surface area contributed by atoms with Gasteiger partial charge in [-0.25, -0.2) is 4.79 Å². The van der Waals surface area contributed by atoms with Gasteiger partial charge in [0.05, 0.1) is 21.4 Å². The Labute approximate surface area is 108 Å². The Hall–Kier alpha value is -0.870. The van der Waals surface area contributed by atoms with Crippen molar-refractivity contribution in [2.45, 2.75) is 36.8 Å². The van der Waals surface area contributed by atoms with E-state index in [4.69, 9.17) is 16.7 Å². The quantitative estimate of drug-likeness (QED) is 0.896. The number of carboxylic acids is 1. The minimum atomic E-state index is -1.19. The van der Waals surface area contributed by atoms with Gasteiger partial charge in [0.25, 0.3) is 0 Å². The summed E-state index contributed by atoms with van der Waals surface area (Å²) in [5.74, 6) is -1.10. The van der Waals surface area contributed by atoms with Gasteiger partial charge in [0, 0.05) is 10.1 Å². The largest absolute Gasteiger partial charge is 0.478 e. The van der Waals surface area contributed by atoms with Crippen LogP contribution in [0, 0.1) is 0 Å². The molecule has 0 aliphatic heterocycles. The lowest BCUT2D eigenvalue weighted by atomic mass is 10.2. The number of benzene rings is 1. The maximum Gasteiger partial charge on any atom is 0.337 e. The summed E-state index contributed by atoms with van der Waals surface area (Å²) >= 11 is 5.76. The molecule has 1 aromatic carbocycles. The molecule has 0 bridgehead atoms. The molecule has 0 heterocycles. The van der Waals surface area contributed by atoms with Crippen molar-refractivity contribution in [1.82, 2.24) is 0 Å². The average Bonchev–Trinajstić information content (AvgIpc) is 2.28. The zero-order chi connectivity index (χ0) is 13.0. The van der Waals surface area contributed by atoms with E-state index in [9.17, 15) is 9.00 Å². The summed E-state index contributed by atoms with van der Waals surface area (Å²) in [6.07, 6.45) is 1.80. The summed E-state index contributed by atoms with van der Waals surface area (Å²) < 4.78 is 12.1. The zero-order valence-electron chi connectivity index (χ0n) is 9.77. The first-order valence-corrected chi connectivity index (χ1v) is 6.99. The molecule has 0 amide bonds. The summed E-state index contributed by atoms with van der Waals surface area (Å²) in [6.45, 7) is 3.92. The Kier molecular flexibility index (Phi) is 5.15. The predicted octanol–water partition coefficient (Wildman–Crippen LogP) is 3.33. The molecule has 0 aliphatic carbocycles. The number of carbonyl (C=O) groups is 1. The van der Waals surface area contributed by atoms with Crippen molar-refractivity contribution in [2.24, 2.45) is 0 Å². The molecule has 5 heteroatoms. The van der Waals surface area contributed by atoms with Crippen molar-refractivity contribution in [1.29, 1.82) is 0 Å². The summed E-state index contributed by atoms with van der Waals surface area (Å²) in [6, 6.07) is 4.50. The second kappa shape index (κ2) is 6.17. The summed E-state index contributed by atoms with van der Waals surface area (Å²) in [5, 5.41) is 9.11. The number of halogens is 1. The van der Waals surface area contributed by atoms with Crippen molar-refractivity contribution in [3.63, 3.8) is 0 Å². The van der Waals surface area contributed by atoms with Crippen LogP contribution >= 0.6 is 11.6 Å². The highest BCUT2D eigenvalue weighted by molar-refractivity contribution is 7.85. The van der Waals surface area contributed by atoms with E-state index in [1.807, 2.05) is 13.8 Å². The average molecular weight is 275 g/mol. The first-order valence-electron chi connectivity index (χ1n) is 5.40. The van der Waals surface area contributed by atoms with Gasteiger partial charge in [0.2, 0.25) is 0 Å². The highest BCUT2D eigenvalue weighted by Gasteiger charge is 2.16. The third kappa shape index (κ3) is 3.54. The normalized spacial score (nSPS) is 14.3. The molecule has 0 spiro atoms. The first kappa shape index (κ1) is 14.2. The second-order valence-corrected chi connectivity index (χ2v) is 6.12. The van der Waals surface area contributed by atoms with Crippen LogP contribution in [0.25, 0.3) is 0 Å². The summed E-state index contributed by atoms with van der Waals surface area (Å²) in [4.78, 5) is 11.4.